The minimum atomic E-state index is -0.250. The second kappa shape index (κ2) is 8.78. The largest absolute Gasteiger partial charge is 0.497 e. The van der Waals surface area contributed by atoms with E-state index in [0.29, 0.717) is 13.1 Å². The third-order valence-electron chi connectivity index (χ3n) is 5.25. The van der Waals surface area contributed by atoms with Crippen molar-refractivity contribution in [1.29, 1.82) is 0 Å². The van der Waals surface area contributed by atoms with Crippen molar-refractivity contribution in [2.45, 2.75) is 19.3 Å². The summed E-state index contributed by atoms with van der Waals surface area (Å²) in [5.41, 5.74) is 1.94. The molecule has 152 valence electrons. The number of halogens is 1. The van der Waals surface area contributed by atoms with Crippen LogP contribution in [-0.4, -0.2) is 37.6 Å². The summed E-state index contributed by atoms with van der Waals surface area (Å²) in [5.74, 6) is 0.606. The van der Waals surface area contributed by atoms with Gasteiger partial charge in [-0.3, -0.25) is 4.79 Å². The molecule has 1 amide bonds. The van der Waals surface area contributed by atoms with Gasteiger partial charge in [0.05, 0.1) is 23.2 Å². The van der Waals surface area contributed by atoms with Crippen molar-refractivity contribution in [2.75, 3.05) is 31.6 Å². The van der Waals surface area contributed by atoms with Crippen molar-refractivity contribution >= 4 is 32.6 Å². The highest BCUT2D eigenvalue weighted by Crippen LogP contribution is 2.32. The standard InChI is InChI=1S/C22H24FN3O2S/c1-28-18-6-2-4-15(12-18)9-10-24-21(27)16-5-3-11-26(14-16)22-25-19-8-7-17(23)13-20(19)29-22/h2,4,6-8,12-13,16H,3,5,9-11,14H2,1H3,(H,24,27). The number of hydrogen-bond donors (Lipinski definition) is 1. The Bertz CT molecular complexity index is 1010. The molecule has 29 heavy (non-hydrogen) atoms. The minimum absolute atomic E-state index is 0.0576. The molecular weight excluding hydrogens is 389 g/mol. The maximum Gasteiger partial charge on any atom is 0.224 e. The van der Waals surface area contributed by atoms with E-state index >= 15 is 0 Å². The average Bonchev–Trinajstić information content (AvgIpc) is 3.17. The van der Waals surface area contributed by atoms with Crippen LogP contribution in [0.3, 0.4) is 0 Å². The molecule has 2 aromatic carbocycles. The Hall–Kier alpha value is -2.67. The van der Waals surface area contributed by atoms with Gasteiger partial charge in [0.1, 0.15) is 11.6 Å². The lowest BCUT2D eigenvalue weighted by Crippen LogP contribution is -2.43. The van der Waals surface area contributed by atoms with Crippen molar-refractivity contribution in [1.82, 2.24) is 10.3 Å². The molecule has 1 atom stereocenters. The highest BCUT2D eigenvalue weighted by molar-refractivity contribution is 7.22. The first-order valence-electron chi connectivity index (χ1n) is 9.84. The van der Waals surface area contributed by atoms with E-state index in [0.717, 1.165) is 52.5 Å². The summed E-state index contributed by atoms with van der Waals surface area (Å²) in [4.78, 5) is 19.5. The molecule has 1 aromatic heterocycles. The molecule has 4 rings (SSSR count). The maximum atomic E-state index is 13.4. The second-order valence-electron chi connectivity index (χ2n) is 7.29. The molecule has 7 heteroatoms. The van der Waals surface area contributed by atoms with Crippen molar-refractivity contribution < 1.29 is 13.9 Å². The van der Waals surface area contributed by atoms with Crippen LogP contribution in [0.25, 0.3) is 10.2 Å². The normalized spacial score (nSPS) is 16.8. The van der Waals surface area contributed by atoms with Gasteiger partial charge in [-0.15, -0.1) is 0 Å². The third-order valence-corrected chi connectivity index (χ3v) is 6.33. The van der Waals surface area contributed by atoms with Gasteiger partial charge in [-0.25, -0.2) is 9.37 Å². The van der Waals surface area contributed by atoms with E-state index in [1.165, 1.54) is 23.5 Å². The van der Waals surface area contributed by atoms with E-state index in [1.807, 2.05) is 24.3 Å². The van der Waals surface area contributed by atoms with E-state index in [4.69, 9.17) is 4.74 Å². The molecule has 0 bridgehead atoms. The monoisotopic (exact) mass is 413 g/mol. The highest BCUT2D eigenvalue weighted by atomic mass is 32.1. The van der Waals surface area contributed by atoms with E-state index in [-0.39, 0.29) is 17.6 Å². The Morgan fingerprint density at radius 2 is 2.24 bits per heavy atom. The number of piperidine rings is 1. The number of fused-ring (bicyclic) bond motifs is 1. The van der Waals surface area contributed by atoms with Crippen LogP contribution in [0.4, 0.5) is 9.52 Å². The molecule has 1 unspecified atom stereocenters. The van der Waals surface area contributed by atoms with Crippen molar-refractivity contribution in [3.8, 4) is 5.75 Å². The highest BCUT2D eigenvalue weighted by Gasteiger charge is 2.27. The minimum Gasteiger partial charge on any atom is -0.497 e. The predicted octanol–water partition coefficient (Wildman–Crippen LogP) is 4.02. The number of anilines is 1. The Labute approximate surface area is 173 Å². The smallest absolute Gasteiger partial charge is 0.224 e. The van der Waals surface area contributed by atoms with E-state index in [2.05, 4.69) is 15.2 Å². The zero-order valence-electron chi connectivity index (χ0n) is 16.4. The average molecular weight is 414 g/mol. The molecule has 0 radical (unpaired) electrons. The zero-order valence-corrected chi connectivity index (χ0v) is 17.2. The number of nitrogens with one attached hydrogen (secondary N) is 1. The predicted molar refractivity (Wildman–Crippen MR) is 114 cm³/mol. The van der Waals surface area contributed by atoms with Gasteiger partial charge in [-0.1, -0.05) is 23.5 Å². The third kappa shape index (κ3) is 4.67. The number of amides is 1. The maximum absolute atomic E-state index is 13.4. The van der Waals surface area contributed by atoms with E-state index in [1.54, 1.807) is 13.2 Å². The lowest BCUT2D eigenvalue weighted by Gasteiger charge is -2.31. The molecular formula is C22H24FN3O2S. The molecule has 5 nitrogen and oxygen atoms in total. The van der Waals surface area contributed by atoms with Crippen LogP contribution in [0.5, 0.6) is 5.75 Å². The zero-order chi connectivity index (χ0) is 20.2. The quantitative estimate of drug-likeness (QED) is 0.663. The van der Waals surface area contributed by atoms with Crippen LogP contribution in [0, 0.1) is 11.7 Å². The Morgan fingerprint density at radius 1 is 1.34 bits per heavy atom. The molecule has 2 heterocycles. The first kappa shape index (κ1) is 19.6. The molecule has 1 aliphatic heterocycles. The van der Waals surface area contributed by atoms with Crippen molar-refractivity contribution in [3.05, 3.63) is 53.8 Å². The number of carbonyl (C=O) groups is 1. The molecule has 3 aromatic rings. The van der Waals surface area contributed by atoms with Crippen LogP contribution in [0.15, 0.2) is 42.5 Å². The molecule has 1 N–H and O–H groups in total. The number of thiazole rings is 1. The number of methoxy groups -OCH3 is 1. The van der Waals surface area contributed by atoms with Gasteiger partial charge in [-0.2, -0.15) is 0 Å². The number of hydrogen-bond acceptors (Lipinski definition) is 5. The summed E-state index contributed by atoms with van der Waals surface area (Å²) < 4.78 is 19.5. The summed E-state index contributed by atoms with van der Waals surface area (Å²) in [6, 6.07) is 12.5. The lowest BCUT2D eigenvalue weighted by molar-refractivity contribution is -0.125. The van der Waals surface area contributed by atoms with Crippen molar-refractivity contribution in [2.24, 2.45) is 5.92 Å². The summed E-state index contributed by atoms with van der Waals surface area (Å²) in [6.45, 7) is 2.12. The fraction of sp³-hybridized carbons (Fsp3) is 0.364. The molecule has 1 fully saturated rings. The van der Waals surface area contributed by atoms with Crippen LogP contribution >= 0.6 is 11.3 Å². The van der Waals surface area contributed by atoms with Gasteiger partial charge < -0.3 is 15.0 Å². The van der Waals surface area contributed by atoms with Crippen LogP contribution in [0.1, 0.15) is 18.4 Å². The summed E-state index contributed by atoms with van der Waals surface area (Å²) in [6.07, 6.45) is 2.59. The van der Waals surface area contributed by atoms with Crippen LogP contribution in [0.2, 0.25) is 0 Å². The fourth-order valence-corrected chi connectivity index (χ4v) is 4.71. The number of nitrogens with zero attached hydrogens (tertiary/aromatic N) is 2. The lowest BCUT2D eigenvalue weighted by atomic mass is 9.97. The SMILES string of the molecule is COc1cccc(CCNC(=O)C2CCCN(c3nc4ccc(F)cc4s3)C2)c1. The van der Waals surface area contributed by atoms with Gasteiger partial charge in [0, 0.05) is 19.6 Å². The number of ether oxygens (including phenoxy) is 1. The first-order chi connectivity index (χ1) is 14.1. The first-order valence-corrected chi connectivity index (χ1v) is 10.7. The number of rotatable bonds is 6. The van der Waals surface area contributed by atoms with Gasteiger partial charge in [0.15, 0.2) is 5.13 Å². The van der Waals surface area contributed by atoms with Crippen molar-refractivity contribution in [3.63, 3.8) is 0 Å². The topological polar surface area (TPSA) is 54.5 Å². The van der Waals surface area contributed by atoms with Gasteiger partial charge >= 0.3 is 0 Å². The Kier molecular flexibility index (Phi) is 5.94. The molecule has 1 saturated heterocycles. The van der Waals surface area contributed by atoms with E-state index in [9.17, 15) is 9.18 Å². The number of carbonyl (C=O) groups excluding carboxylic acids is 1. The van der Waals surface area contributed by atoms with Crippen LogP contribution < -0.4 is 15.0 Å². The van der Waals surface area contributed by atoms with Gasteiger partial charge in [-0.05, 0) is 55.2 Å². The molecule has 0 saturated carbocycles. The number of aromatic nitrogens is 1. The molecule has 1 aliphatic rings. The second-order valence-corrected chi connectivity index (χ2v) is 8.30. The summed E-state index contributed by atoms with van der Waals surface area (Å²) in [5, 5.41) is 3.93. The Balaban J connectivity index is 1.34. The van der Waals surface area contributed by atoms with Gasteiger partial charge in [0.25, 0.3) is 0 Å². The number of benzene rings is 2. The Morgan fingerprint density at radius 3 is 3.10 bits per heavy atom. The fourth-order valence-electron chi connectivity index (χ4n) is 3.69. The van der Waals surface area contributed by atoms with Crippen LogP contribution in [-0.2, 0) is 11.2 Å². The van der Waals surface area contributed by atoms with Gasteiger partial charge in [0.2, 0.25) is 5.91 Å². The summed E-state index contributed by atoms with van der Waals surface area (Å²) >= 11 is 1.48. The summed E-state index contributed by atoms with van der Waals surface area (Å²) in [7, 11) is 1.65. The molecule has 0 spiro atoms. The molecule has 0 aliphatic carbocycles. The van der Waals surface area contributed by atoms with E-state index < -0.39 is 0 Å².